The van der Waals surface area contributed by atoms with Crippen molar-refractivity contribution in [2.75, 3.05) is 7.11 Å². The number of hydrogen-bond acceptors (Lipinski definition) is 4. The van der Waals surface area contributed by atoms with Gasteiger partial charge in [0.1, 0.15) is 11.5 Å². The van der Waals surface area contributed by atoms with Crippen LogP contribution in [0.25, 0.3) is 16.5 Å². The second kappa shape index (κ2) is 8.87. The maximum absolute atomic E-state index is 13.2. The molecule has 0 aromatic heterocycles. The number of Topliss-reactive ketones (excluding diaryl/α,β-unsaturated/α-hetero) is 1. The molecule has 1 N–H and O–H groups in total. The largest absolute Gasteiger partial charge is 0.507 e. The Bertz CT molecular complexity index is 1410. The van der Waals surface area contributed by atoms with E-state index in [-0.39, 0.29) is 17.9 Å². The number of carbonyl (C=O) groups excluding carboxylic acids is 2. The second-order valence-electron chi connectivity index (χ2n) is 8.25. The van der Waals surface area contributed by atoms with E-state index in [1.165, 1.54) is 4.90 Å². The Morgan fingerprint density at radius 3 is 2.24 bits per heavy atom. The zero-order valence-electron chi connectivity index (χ0n) is 18.6. The van der Waals surface area contributed by atoms with Crippen molar-refractivity contribution in [3.8, 4) is 5.75 Å². The van der Waals surface area contributed by atoms with Crippen LogP contribution in [-0.2, 0) is 16.1 Å². The van der Waals surface area contributed by atoms with Crippen LogP contribution >= 0.6 is 0 Å². The summed E-state index contributed by atoms with van der Waals surface area (Å²) in [4.78, 5) is 27.9. The molecule has 5 nitrogen and oxygen atoms in total. The lowest BCUT2D eigenvalue weighted by Crippen LogP contribution is -2.29. The monoisotopic (exact) mass is 449 g/mol. The Morgan fingerprint density at radius 1 is 0.853 bits per heavy atom. The van der Waals surface area contributed by atoms with Crippen molar-refractivity contribution in [2.24, 2.45) is 0 Å². The number of amides is 1. The van der Waals surface area contributed by atoms with Gasteiger partial charge >= 0.3 is 0 Å². The predicted molar refractivity (Wildman–Crippen MR) is 131 cm³/mol. The zero-order chi connectivity index (χ0) is 23.7. The van der Waals surface area contributed by atoms with E-state index in [0.29, 0.717) is 11.3 Å². The van der Waals surface area contributed by atoms with E-state index in [0.717, 1.165) is 21.9 Å². The first kappa shape index (κ1) is 21.5. The lowest BCUT2D eigenvalue weighted by molar-refractivity contribution is -0.140. The normalized spacial score (nSPS) is 17.3. The highest BCUT2D eigenvalue weighted by Gasteiger charge is 2.46. The van der Waals surface area contributed by atoms with Gasteiger partial charge in [0.25, 0.3) is 11.7 Å². The Labute approximate surface area is 197 Å². The van der Waals surface area contributed by atoms with Crippen molar-refractivity contribution in [1.29, 1.82) is 0 Å². The van der Waals surface area contributed by atoms with Gasteiger partial charge in [-0.3, -0.25) is 9.59 Å². The number of rotatable bonds is 5. The number of fused-ring (bicyclic) bond motifs is 1. The lowest BCUT2D eigenvalue weighted by Gasteiger charge is -2.25. The third kappa shape index (κ3) is 3.82. The minimum Gasteiger partial charge on any atom is -0.507 e. The van der Waals surface area contributed by atoms with E-state index in [1.807, 2.05) is 91.0 Å². The van der Waals surface area contributed by atoms with E-state index >= 15 is 0 Å². The van der Waals surface area contributed by atoms with Gasteiger partial charge in [-0.25, -0.2) is 0 Å². The highest BCUT2D eigenvalue weighted by Crippen LogP contribution is 2.40. The molecule has 5 heteroatoms. The predicted octanol–water partition coefficient (Wildman–Crippen LogP) is 5.47. The standard InChI is InChI=1S/C29H23NO4/c1-34-24-15-11-19(12-16-24)18-30-26(21-8-3-2-4-9-21)25(28(32)29(30)33)27(31)23-14-13-20-7-5-6-10-22(20)17-23/h2-17,26,31H,18H2,1H3/b27-25-. The summed E-state index contributed by atoms with van der Waals surface area (Å²) in [5.41, 5.74) is 2.22. The number of aliphatic hydroxyl groups is 1. The summed E-state index contributed by atoms with van der Waals surface area (Å²) in [5.74, 6) is -0.781. The molecule has 1 fully saturated rings. The summed E-state index contributed by atoms with van der Waals surface area (Å²) in [6.07, 6.45) is 0. The fraction of sp³-hybridized carbons (Fsp3) is 0.103. The summed E-state index contributed by atoms with van der Waals surface area (Å²) in [5, 5.41) is 13.3. The number of methoxy groups -OCH3 is 1. The topological polar surface area (TPSA) is 66.8 Å². The molecule has 1 saturated heterocycles. The molecule has 4 aromatic carbocycles. The number of nitrogens with zero attached hydrogens (tertiary/aromatic N) is 1. The minimum atomic E-state index is -0.699. The average Bonchev–Trinajstić information content (AvgIpc) is 3.14. The summed E-state index contributed by atoms with van der Waals surface area (Å²) in [7, 11) is 1.59. The Kier molecular flexibility index (Phi) is 5.60. The van der Waals surface area contributed by atoms with Crippen LogP contribution in [0.1, 0.15) is 22.7 Å². The summed E-state index contributed by atoms with van der Waals surface area (Å²) in [6.45, 7) is 0.225. The number of hydrogen-bond donors (Lipinski definition) is 1. The van der Waals surface area contributed by atoms with Gasteiger partial charge in [-0.2, -0.15) is 0 Å². The highest BCUT2D eigenvalue weighted by molar-refractivity contribution is 6.46. The first-order valence-corrected chi connectivity index (χ1v) is 11.0. The summed E-state index contributed by atoms with van der Waals surface area (Å²) >= 11 is 0. The molecule has 1 aliphatic heterocycles. The maximum Gasteiger partial charge on any atom is 0.295 e. The fourth-order valence-electron chi connectivity index (χ4n) is 4.44. The van der Waals surface area contributed by atoms with Crippen LogP contribution in [0.3, 0.4) is 0 Å². The summed E-state index contributed by atoms with van der Waals surface area (Å²) < 4.78 is 5.22. The molecule has 1 atom stereocenters. The van der Waals surface area contributed by atoms with E-state index in [2.05, 4.69) is 0 Å². The number of benzene rings is 4. The Balaban J connectivity index is 1.62. The van der Waals surface area contributed by atoms with Crippen LogP contribution in [-0.4, -0.2) is 28.8 Å². The van der Waals surface area contributed by atoms with Gasteiger partial charge in [0, 0.05) is 12.1 Å². The van der Waals surface area contributed by atoms with Crippen LogP contribution in [0, 0.1) is 0 Å². The Hall–Kier alpha value is -4.38. The van der Waals surface area contributed by atoms with Gasteiger partial charge in [-0.05, 0) is 40.1 Å². The molecular formula is C29H23NO4. The molecule has 1 heterocycles. The third-order valence-corrected chi connectivity index (χ3v) is 6.19. The molecule has 0 saturated carbocycles. The molecule has 34 heavy (non-hydrogen) atoms. The Morgan fingerprint density at radius 2 is 1.53 bits per heavy atom. The van der Waals surface area contributed by atoms with E-state index in [9.17, 15) is 14.7 Å². The van der Waals surface area contributed by atoms with Crippen LogP contribution < -0.4 is 4.74 Å². The average molecular weight is 450 g/mol. The molecule has 0 bridgehead atoms. The van der Waals surface area contributed by atoms with Gasteiger partial charge < -0.3 is 14.7 Å². The second-order valence-corrected chi connectivity index (χ2v) is 8.25. The van der Waals surface area contributed by atoms with E-state index in [4.69, 9.17) is 4.74 Å². The maximum atomic E-state index is 13.2. The third-order valence-electron chi connectivity index (χ3n) is 6.19. The molecule has 1 aliphatic rings. The highest BCUT2D eigenvalue weighted by atomic mass is 16.5. The van der Waals surface area contributed by atoms with Crippen LogP contribution in [0.15, 0.2) is 103 Å². The smallest absolute Gasteiger partial charge is 0.295 e. The first-order valence-electron chi connectivity index (χ1n) is 11.0. The molecule has 0 radical (unpaired) electrons. The first-order chi connectivity index (χ1) is 16.6. The fourth-order valence-corrected chi connectivity index (χ4v) is 4.44. The molecule has 168 valence electrons. The number of likely N-dealkylation sites (tertiary alicyclic amines) is 1. The van der Waals surface area contributed by atoms with E-state index in [1.54, 1.807) is 13.2 Å². The number of ketones is 1. The molecule has 4 aromatic rings. The quantitative estimate of drug-likeness (QED) is 0.249. The minimum absolute atomic E-state index is 0.0972. The molecule has 1 amide bonds. The summed E-state index contributed by atoms with van der Waals surface area (Å²) in [6, 6.07) is 29.3. The van der Waals surface area contributed by atoms with Crippen molar-refractivity contribution in [2.45, 2.75) is 12.6 Å². The van der Waals surface area contributed by atoms with Gasteiger partial charge in [0.15, 0.2) is 0 Å². The van der Waals surface area contributed by atoms with Crippen LogP contribution in [0.5, 0.6) is 5.75 Å². The molecule has 5 rings (SSSR count). The van der Waals surface area contributed by atoms with Crippen molar-refractivity contribution in [3.63, 3.8) is 0 Å². The lowest BCUT2D eigenvalue weighted by atomic mass is 9.94. The molecule has 0 aliphatic carbocycles. The van der Waals surface area contributed by atoms with Gasteiger partial charge in [-0.15, -0.1) is 0 Å². The molecular weight excluding hydrogens is 426 g/mol. The van der Waals surface area contributed by atoms with Crippen LogP contribution in [0.4, 0.5) is 0 Å². The van der Waals surface area contributed by atoms with Crippen LogP contribution in [0.2, 0.25) is 0 Å². The zero-order valence-corrected chi connectivity index (χ0v) is 18.6. The van der Waals surface area contributed by atoms with Crippen molar-refractivity contribution < 1.29 is 19.4 Å². The van der Waals surface area contributed by atoms with Gasteiger partial charge in [0.2, 0.25) is 0 Å². The van der Waals surface area contributed by atoms with Gasteiger partial charge in [0.05, 0.1) is 18.7 Å². The number of aliphatic hydroxyl groups excluding tert-OH is 1. The number of carbonyl (C=O) groups is 2. The van der Waals surface area contributed by atoms with Crippen molar-refractivity contribution >= 4 is 28.2 Å². The van der Waals surface area contributed by atoms with Crippen molar-refractivity contribution in [1.82, 2.24) is 4.90 Å². The molecule has 1 unspecified atom stereocenters. The number of ether oxygens (including phenoxy) is 1. The van der Waals surface area contributed by atoms with Gasteiger partial charge in [-0.1, -0.05) is 78.9 Å². The SMILES string of the molecule is COc1ccc(CN2C(=O)C(=O)/C(=C(\O)c3ccc4ccccc4c3)C2c2ccccc2)cc1. The van der Waals surface area contributed by atoms with Crippen molar-refractivity contribution in [3.05, 3.63) is 119 Å². The van der Waals surface area contributed by atoms with E-state index < -0.39 is 17.7 Å². The molecule has 0 spiro atoms.